The molecule has 4 aromatic rings. The maximum absolute atomic E-state index is 12.9. The second kappa shape index (κ2) is 7.61. The highest BCUT2D eigenvalue weighted by atomic mass is 32.1. The number of nitrogens with one attached hydrogen (secondary N) is 2. The number of para-hydroxylation sites is 2. The Morgan fingerprint density at radius 2 is 1.83 bits per heavy atom. The zero-order valence-corrected chi connectivity index (χ0v) is 16.6. The Morgan fingerprint density at radius 1 is 1.03 bits per heavy atom. The fourth-order valence-electron chi connectivity index (χ4n) is 3.48. The third kappa shape index (κ3) is 3.62. The Kier molecular flexibility index (Phi) is 4.65. The van der Waals surface area contributed by atoms with E-state index in [2.05, 4.69) is 15.6 Å². The van der Waals surface area contributed by atoms with Crippen molar-refractivity contribution >= 4 is 44.2 Å². The van der Waals surface area contributed by atoms with E-state index < -0.39 is 5.92 Å². The molecule has 2 N–H and O–H groups in total. The standard InChI is InChI=1S/C23H17N3O3S/c27-21-13-17(16-8-4-5-9-18(16)24-21)22(28)26-23-25-19-11-10-15(12-20(19)30-23)29-14-6-2-1-3-7-14/h1-12,17H,13H2,(H,24,27)(H,25,26,28). The monoisotopic (exact) mass is 415 g/mol. The first kappa shape index (κ1) is 18.3. The van der Waals surface area contributed by atoms with Crippen molar-refractivity contribution in [3.05, 3.63) is 78.4 Å². The van der Waals surface area contributed by atoms with Gasteiger partial charge in [0.05, 0.1) is 16.1 Å². The van der Waals surface area contributed by atoms with Crippen molar-refractivity contribution in [2.45, 2.75) is 12.3 Å². The van der Waals surface area contributed by atoms with Crippen molar-refractivity contribution in [1.29, 1.82) is 0 Å². The summed E-state index contributed by atoms with van der Waals surface area (Å²) in [5.41, 5.74) is 2.27. The number of anilines is 2. The van der Waals surface area contributed by atoms with Crippen LogP contribution in [0.5, 0.6) is 11.5 Å². The van der Waals surface area contributed by atoms with Gasteiger partial charge in [-0.2, -0.15) is 0 Å². The summed E-state index contributed by atoms with van der Waals surface area (Å²) in [6.07, 6.45) is 0.114. The summed E-state index contributed by atoms with van der Waals surface area (Å²) in [4.78, 5) is 29.4. The Bertz CT molecular complexity index is 1250. The molecule has 0 aliphatic carbocycles. The van der Waals surface area contributed by atoms with Crippen LogP contribution >= 0.6 is 11.3 Å². The number of carbonyl (C=O) groups is 2. The molecule has 6 nitrogen and oxygen atoms in total. The molecule has 0 radical (unpaired) electrons. The molecule has 2 amide bonds. The zero-order chi connectivity index (χ0) is 20.5. The number of fused-ring (bicyclic) bond motifs is 2. The van der Waals surface area contributed by atoms with Gasteiger partial charge in [0.15, 0.2) is 5.13 Å². The number of aromatic nitrogens is 1. The maximum Gasteiger partial charge on any atom is 0.234 e. The van der Waals surface area contributed by atoms with Gasteiger partial charge >= 0.3 is 0 Å². The predicted molar refractivity (Wildman–Crippen MR) is 117 cm³/mol. The van der Waals surface area contributed by atoms with Crippen LogP contribution in [0.15, 0.2) is 72.8 Å². The van der Waals surface area contributed by atoms with Gasteiger partial charge in [-0.05, 0) is 35.9 Å². The van der Waals surface area contributed by atoms with Gasteiger partial charge in [-0.3, -0.25) is 9.59 Å². The minimum atomic E-state index is -0.543. The number of rotatable bonds is 4. The summed E-state index contributed by atoms with van der Waals surface area (Å²) < 4.78 is 6.77. The van der Waals surface area contributed by atoms with Crippen molar-refractivity contribution in [3.8, 4) is 11.5 Å². The van der Waals surface area contributed by atoms with Gasteiger partial charge in [-0.1, -0.05) is 47.7 Å². The maximum atomic E-state index is 12.9. The van der Waals surface area contributed by atoms with Gasteiger partial charge in [0.25, 0.3) is 0 Å². The van der Waals surface area contributed by atoms with Crippen LogP contribution in [0, 0.1) is 0 Å². The number of nitrogens with zero attached hydrogens (tertiary/aromatic N) is 1. The van der Waals surface area contributed by atoms with Gasteiger partial charge in [0, 0.05) is 18.2 Å². The molecule has 0 bridgehead atoms. The lowest BCUT2D eigenvalue weighted by molar-refractivity contribution is -0.123. The van der Waals surface area contributed by atoms with Crippen molar-refractivity contribution < 1.29 is 14.3 Å². The van der Waals surface area contributed by atoms with Crippen LogP contribution in [0.1, 0.15) is 17.9 Å². The average molecular weight is 415 g/mol. The van der Waals surface area contributed by atoms with Gasteiger partial charge < -0.3 is 15.4 Å². The summed E-state index contributed by atoms with van der Waals surface area (Å²) in [5.74, 6) is 0.508. The summed E-state index contributed by atoms with van der Waals surface area (Å²) in [6, 6.07) is 22.5. The number of ether oxygens (including phenoxy) is 1. The third-order valence-corrected chi connectivity index (χ3v) is 5.82. The number of hydrogen-bond acceptors (Lipinski definition) is 5. The van der Waals surface area contributed by atoms with E-state index in [0.717, 1.165) is 21.5 Å². The highest BCUT2D eigenvalue weighted by Gasteiger charge is 2.30. The molecule has 0 saturated heterocycles. The van der Waals surface area contributed by atoms with E-state index in [1.165, 1.54) is 11.3 Å². The van der Waals surface area contributed by atoms with Crippen molar-refractivity contribution in [2.75, 3.05) is 10.6 Å². The molecule has 1 aliphatic heterocycles. The van der Waals surface area contributed by atoms with Crippen molar-refractivity contribution in [1.82, 2.24) is 4.98 Å². The van der Waals surface area contributed by atoms with Crippen LogP contribution in [-0.4, -0.2) is 16.8 Å². The molecule has 3 aromatic carbocycles. The fraction of sp³-hybridized carbons (Fsp3) is 0.0870. The number of amides is 2. The van der Waals surface area contributed by atoms with Crippen LogP contribution < -0.4 is 15.4 Å². The van der Waals surface area contributed by atoms with E-state index in [0.29, 0.717) is 16.6 Å². The largest absolute Gasteiger partial charge is 0.457 e. The first-order valence-electron chi connectivity index (χ1n) is 9.49. The Hall–Kier alpha value is -3.71. The highest BCUT2D eigenvalue weighted by molar-refractivity contribution is 7.22. The molecule has 30 heavy (non-hydrogen) atoms. The predicted octanol–water partition coefficient (Wildman–Crippen LogP) is 5.15. The molecule has 7 heteroatoms. The van der Waals surface area contributed by atoms with E-state index in [9.17, 15) is 9.59 Å². The van der Waals surface area contributed by atoms with Gasteiger partial charge in [0.2, 0.25) is 11.8 Å². The lowest BCUT2D eigenvalue weighted by Crippen LogP contribution is -2.30. The second-order valence-corrected chi connectivity index (χ2v) is 7.98. The summed E-state index contributed by atoms with van der Waals surface area (Å²) in [6.45, 7) is 0. The molecule has 2 heterocycles. The normalized spacial score (nSPS) is 15.3. The molecule has 1 unspecified atom stereocenters. The second-order valence-electron chi connectivity index (χ2n) is 6.95. The topological polar surface area (TPSA) is 80.3 Å². The van der Waals surface area contributed by atoms with E-state index in [-0.39, 0.29) is 18.2 Å². The Labute approximate surface area is 176 Å². The number of hydrogen-bond donors (Lipinski definition) is 2. The van der Waals surface area contributed by atoms with Crippen LogP contribution in [0.25, 0.3) is 10.2 Å². The summed E-state index contributed by atoms with van der Waals surface area (Å²) >= 11 is 1.37. The SMILES string of the molecule is O=C1CC(C(=O)Nc2nc3ccc(Oc4ccccc4)cc3s2)c2ccccc2N1. The van der Waals surface area contributed by atoms with Gasteiger partial charge in [-0.25, -0.2) is 4.98 Å². The Morgan fingerprint density at radius 3 is 2.70 bits per heavy atom. The molecule has 1 aromatic heterocycles. The van der Waals surface area contributed by atoms with E-state index >= 15 is 0 Å². The smallest absolute Gasteiger partial charge is 0.234 e. The first-order chi connectivity index (χ1) is 14.7. The van der Waals surface area contributed by atoms with E-state index in [1.807, 2.05) is 66.7 Å². The van der Waals surface area contributed by atoms with Crippen LogP contribution in [0.4, 0.5) is 10.8 Å². The lowest BCUT2D eigenvalue weighted by atomic mass is 9.90. The molecule has 0 fully saturated rings. The van der Waals surface area contributed by atoms with Crippen molar-refractivity contribution in [2.24, 2.45) is 0 Å². The molecular weight excluding hydrogens is 398 g/mol. The molecule has 1 atom stereocenters. The zero-order valence-electron chi connectivity index (χ0n) is 15.8. The Balaban J connectivity index is 1.37. The first-order valence-corrected chi connectivity index (χ1v) is 10.3. The van der Waals surface area contributed by atoms with Crippen LogP contribution in [0.2, 0.25) is 0 Å². The van der Waals surface area contributed by atoms with Crippen LogP contribution in [-0.2, 0) is 9.59 Å². The minimum Gasteiger partial charge on any atom is -0.457 e. The van der Waals surface area contributed by atoms with E-state index in [4.69, 9.17) is 4.74 Å². The molecule has 0 saturated carbocycles. The summed E-state index contributed by atoms with van der Waals surface area (Å²) in [5, 5.41) is 6.19. The fourth-order valence-corrected chi connectivity index (χ4v) is 4.38. The lowest BCUT2D eigenvalue weighted by Gasteiger charge is -2.24. The van der Waals surface area contributed by atoms with Gasteiger partial charge in [-0.15, -0.1) is 0 Å². The number of benzene rings is 3. The quantitative estimate of drug-likeness (QED) is 0.483. The molecule has 0 spiro atoms. The number of thiazole rings is 1. The average Bonchev–Trinajstić information content (AvgIpc) is 3.15. The van der Waals surface area contributed by atoms with Gasteiger partial charge in [0.1, 0.15) is 11.5 Å². The molecule has 1 aliphatic rings. The van der Waals surface area contributed by atoms with E-state index in [1.54, 1.807) is 6.07 Å². The van der Waals surface area contributed by atoms with Crippen LogP contribution in [0.3, 0.4) is 0 Å². The molecule has 148 valence electrons. The van der Waals surface area contributed by atoms with Crippen molar-refractivity contribution in [3.63, 3.8) is 0 Å². The highest BCUT2D eigenvalue weighted by Crippen LogP contribution is 2.35. The third-order valence-electron chi connectivity index (χ3n) is 4.89. The molecule has 5 rings (SSSR count). The molecular formula is C23H17N3O3S. The number of carbonyl (C=O) groups excluding carboxylic acids is 2. The minimum absolute atomic E-state index is 0.114. The summed E-state index contributed by atoms with van der Waals surface area (Å²) in [7, 11) is 0.